The van der Waals surface area contributed by atoms with Gasteiger partial charge in [-0.15, -0.1) is 56.7 Å². The molecule has 26 rings (SSSR count). The molecule has 0 fully saturated rings. The Morgan fingerprint density at radius 3 is 1.00 bits per heavy atom. The average Bonchev–Trinajstić information content (AvgIpc) is 0.956. The van der Waals surface area contributed by atoms with E-state index in [1.807, 2.05) is 56.7 Å². The van der Waals surface area contributed by atoms with Gasteiger partial charge in [0.05, 0.1) is 63.3 Å². The molecule has 534 valence electrons. The number of nitrogens with zero attached hydrogens (tertiary/aromatic N) is 5. The van der Waals surface area contributed by atoms with Gasteiger partial charge in [-0.2, -0.15) is 0 Å². The molecule has 0 unspecified atom stereocenters. The molecule has 4 aliphatic rings. The zero-order valence-electron chi connectivity index (χ0n) is 61.4. The van der Waals surface area contributed by atoms with Crippen molar-refractivity contribution in [2.75, 3.05) is 24.5 Å². The van der Waals surface area contributed by atoms with Crippen LogP contribution in [0.4, 0.5) is 85.3 Å². The van der Waals surface area contributed by atoms with Gasteiger partial charge >= 0.3 is 0 Å². The van der Waals surface area contributed by atoms with E-state index in [0.29, 0.717) is 0 Å². The van der Waals surface area contributed by atoms with Gasteiger partial charge < -0.3 is 29.2 Å². The van der Waals surface area contributed by atoms with Crippen molar-refractivity contribution >= 4 is 289 Å². The Morgan fingerprint density at radius 2 is 0.539 bits per heavy atom. The van der Waals surface area contributed by atoms with Crippen LogP contribution in [-0.2, 0) is 0 Å². The van der Waals surface area contributed by atoms with Crippen molar-refractivity contribution in [1.29, 1.82) is 0 Å². The van der Waals surface area contributed by atoms with Gasteiger partial charge in [-0.1, -0.05) is 231 Å². The molecule has 17 aromatic carbocycles. The molecule has 0 saturated heterocycles. The summed E-state index contributed by atoms with van der Waals surface area (Å²) >= 11 is 9.40. The van der Waals surface area contributed by atoms with Crippen LogP contribution in [0.1, 0.15) is 0 Å². The lowest BCUT2D eigenvalue weighted by atomic mass is 9.30. The van der Waals surface area contributed by atoms with Crippen molar-refractivity contribution in [3.8, 4) is 11.5 Å². The minimum absolute atomic E-state index is 0.266. The number of rotatable bonds is 9. The third-order valence-electron chi connectivity index (χ3n) is 24.4. The zero-order chi connectivity index (χ0) is 74.8. The molecule has 4 aliphatic heterocycles. The summed E-state index contributed by atoms with van der Waals surface area (Å²) < 4.78 is 20.1. The Labute approximate surface area is 682 Å². The van der Waals surface area contributed by atoms with Gasteiger partial charge in [0.1, 0.15) is 11.5 Å². The first-order chi connectivity index (χ1) is 57.1. The van der Waals surface area contributed by atoms with Crippen LogP contribution < -0.4 is 62.0 Å². The molecule has 6 nitrogen and oxygen atoms in total. The predicted molar refractivity (Wildman–Crippen MR) is 500 cm³/mol. The quantitative estimate of drug-likeness (QED) is 0.134. The van der Waals surface area contributed by atoms with Crippen molar-refractivity contribution < 1.29 is 4.74 Å². The van der Waals surface area contributed by atoms with Crippen LogP contribution in [0.25, 0.3) is 101 Å². The summed E-state index contributed by atoms with van der Waals surface area (Å²) in [5, 5.41) is 12.5. The third kappa shape index (κ3) is 9.26. The smallest absolute Gasteiger partial charge is 0.256 e. The number of benzene rings is 17. The molecule has 115 heavy (non-hydrogen) atoms. The number of para-hydroxylation sites is 4. The Kier molecular flexibility index (Phi) is 13.8. The summed E-state index contributed by atoms with van der Waals surface area (Å²) in [6.07, 6.45) is 0. The highest BCUT2D eigenvalue weighted by Gasteiger charge is 2.49. The van der Waals surface area contributed by atoms with Crippen LogP contribution >= 0.6 is 56.7 Å². The predicted octanol–water partition coefficient (Wildman–Crippen LogP) is 27.0. The van der Waals surface area contributed by atoms with Crippen LogP contribution in [0.3, 0.4) is 0 Å². The van der Waals surface area contributed by atoms with Gasteiger partial charge in [-0.3, -0.25) is 0 Å². The molecule has 0 bridgehead atoms. The third-order valence-corrected chi connectivity index (χ3v) is 30.5. The first-order valence-corrected chi connectivity index (χ1v) is 43.2. The second kappa shape index (κ2) is 24.6. The molecule has 0 aliphatic carbocycles. The fourth-order valence-corrected chi connectivity index (χ4v) is 25.7. The number of hydrogen-bond donors (Lipinski definition) is 0. The molecule has 22 aromatic rings. The Morgan fingerprint density at radius 1 is 0.209 bits per heavy atom. The first-order valence-electron chi connectivity index (χ1n) is 39.1. The van der Waals surface area contributed by atoms with Gasteiger partial charge in [-0.05, 0) is 154 Å². The van der Waals surface area contributed by atoms with Crippen molar-refractivity contribution in [3.05, 3.63) is 358 Å². The lowest BCUT2D eigenvalue weighted by molar-refractivity contribution is 0.487. The highest BCUT2D eigenvalue weighted by molar-refractivity contribution is 7.28. The van der Waals surface area contributed by atoms with Crippen LogP contribution in [-0.4, -0.2) is 13.4 Å². The summed E-state index contributed by atoms with van der Waals surface area (Å²) in [5.41, 5.74) is 23.7. The summed E-state index contributed by atoms with van der Waals surface area (Å²) in [4.78, 5) is 13.1. The van der Waals surface area contributed by atoms with Gasteiger partial charge in [0.15, 0.2) is 0 Å². The maximum atomic E-state index is 7.64. The summed E-state index contributed by atoms with van der Waals surface area (Å²) in [6.45, 7) is -0.533. The largest absolute Gasteiger partial charge is 0.458 e. The van der Waals surface area contributed by atoms with Gasteiger partial charge in [0.2, 0.25) is 0 Å². The topological polar surface area (TPSA) is 25.4 Å². The number of hydrogen-bond acceptors (Lipinski definition) is 11. The van der Waals surface area contributed by atoms with Gasteiger partial charge in [0.25, 0.3) is 13.4 Å². The fourth-order valence-electron chi connectivity index (χ4n) is 19.7. The lowest BCUT2D eigenvalue weighted by Gasteiger charge is -2.47. The summed E-state index contributed by atoms with van der Waals surface area (Å²) in [6, 6.07) is 135. The van der Waals surface area contributed by atoms with Crippen LogP contribution in [0, 0.1) is 0 Å². The Balaban J connectivity index is 0.811. The minimum atomic E-state index is -0.267. The maximum absolute atomic E-state index is 7.64. The van der Waals surface area contributed by atoms with Crippen molar-refractivity contribution in [3.63, 3.8) is 0 Å². The molecule has 5 aromatic heterocycles. The fraction of sp³-hybridized carbons (Fsp3) is 0. The zero-order valence-corrected chi connectivity index (χ0v) is 65.5. The molecule has 0 atom stereocenters. The Bertz CT molecular complexity index is 7940. The molecule has 9 heterocycles. The molecular weight excluding hydrogens is 1490 g/mol. The van der Waals surface area contributed by atoms with E-state index in [1.165, 1.54) is 123 Å². The molecule has 0 amide bonds. The first kappa shape index (κ1) is 64.3. The van der Waals surface area contributed by atoms with E-state index in [-0.39, 0.29) is 13.4 Å². The van der Waals surface area contributed by atoms with E-state index < -0.39 is 0 Å². The maximum Gasteiger partial charge on any atom is 0.256 e. The number of thiophene rings is 5. The van der Waals surface area contributed by atoms with Gasteiger partial charge in [-0.25, -0.2) is 0 Å². The summed E-state index contributed by atoms with van der Waals surface area (Å²) in [5.74, 6) is 1.69. The van der Waals surface area contributed by atoms with E-state index in [0.717, 1.165) is 108 Å². The van der Waals surface area contributed by atoms with Crippen molar-refractivity contribution in [1.82, 2.24) is 0 Å². The van der Waals surface area contributed by atoms with Crippen LogP contribution in [0.5, 0.6) is 11.5 Å². The van der Waals surface area contributed by atoms with E-state index in [1.54, 1.807) is 0 Å². The standard InChI is InChI=1S/C102H59B2N5OS5/c1-3-26-60(27-4-1)105(79-43-21-35-69-64-30-7-16-49-91(64)111-98(69)79)62-54-86-96-87(55-62)108(82-46-24-38-72-67-33-10-19-52-94(67)114-101(72)82)84-59-85-77(58-76(84)103(96)74-40-12-14-42-78(74)107(86)81-45-23-37-71-66-32-9-18-51-93(66)113-100(71)81)104-75-41-13-15-48-89(75)110-90-57-63(56-88(97(90)104)109(85)83-47-25-39-73-68-34-11-20-53-95(68)115-102(73)83)106(61-28-5-2-6-29-61)80-44-22-36-70-65-31-8-17-50-92(65)112-99(70)80/h1-59H. The molecule has 0 radical (unpaired) electrons. The summed E-state index contributed by atoms with van der Waals surface area (Å²) in [7, 11) is 0. The minimum Gasteiger partial charge on any atom is -0.458 e. The molecule has 0 saturated carbocycles. The van der Waals surface area contributed by atoms with E-state index >= 15 is 0 Å². The second-order valence-electron chi connectivity index (χ2n) is 30.4. The van der Waals surface area contributed by atoms with Crippen molar-refractivity contribution in [2.45, 2.75) is 0 Å². The van der Waals surface area contributed by atoms with Gasteiger partial charge in [0, 0.05) is 129 Å². The van der Waals surface area contributed by atoms with Crippen LogP contribution in [0.2, 0.25) is 0 Å². The molecule has 0 N–H and O–H groups in total. The Hall–Kier alpha value is -13.2. The number of fused-ring (bicyclic) bond motifs is 23. The molecule has 0 spiro atoms. The normalized spacial score (nSPS) is 13.2. The highest BCUT2D eigenvalue weighted by atomic mass is 32.1. The number of ether oxygens (including phenoxy) is 1. The van der Waals surface area contributed by atoms with E-state index in [9.17, 15) is 0 Å². The van der Waals surface area contributed by atoms with Crippen molar-refractivity contribution in [2.24, 2.45) is 0 Å². The molecular formula is C102H59B2N5OS5. The molecule has 13 heteroatoms. The number of anilines is 15. The second-order valence-corrected chi connectivity index (χ2v) is 35.7. The lowest BCUT2D eigenvalue weighted by Crippen LogP contribution is -2.64. The van der Waals surface area contributed by atoms with E-state index in [4.69, 9.17) is 4.74 Å². The highest BCUT2D eigenvalue weighted by Crippen LogP contribution is 2.57. The SMILES string of the molecule is c1ccc(N(c2cc3c4c(c2)N(c2cccc5c2sc2ccccc25)c2cc5c(cc2B4c2ccccc2O3)B2c3ccccc3N(c3cccc4c3sc3ccccc34)c3cc(N(c4ccccc4)c4cccc6c4sc4ccccc46)cc(c32)N5c2cccc3c2sc2ccccc23)c2cccc3c2sc2ccccc23)cc1. The monoisotopic (exact) mass is 1550 g/mol. The van der Waals surface area contributed by atoms with Crippen LogP contribution in [0.15, 0.2) is 358 Å². The van der Waals surface area contributed by atoms with E-state index in [2.05, 4.69) is 382 Å². The average molecular weight is 1550 g/mol.